The first-order valence-electron chi connectivity index (χ1n) is 8.25. The number of amides is 1. The highest BCUT2D eigenvalue weighted by atomic mass is 16.2. The van der Waals surface area contributed by atoms with Crippen LogP contribution in [0.15, 0.2) is 23.4 Å². The van der Waals surface area contributed by atoms with Crippen LogP contribution in [-0.4, -0.2) is 43.2 Å². The highest BCUT2D eigenvalue weighted by Gasteiger charge is 2.26. The SMILES string of the molecule is Cc1ncn(CC(=O)N2CCC[C@@H](c3ccn(C)n3)C2)c(=O)c1C. The van der Waals surface area contributed by atoms with Crippen molar-refractivity contribution in [2.45, 2.75) is 39.2 Å². The van der Waals surface area contributed by atoms with Gasteiger partial charge in [-0.25, -0.2) is 4.98 Å². The summed E-state index contributed by atoms with van der Waals surface area (Å²) >= 11 is 0. The van der Waals surface area contributed by atoms with Gasteiger partial charge in [-0.05, 0) is 32.8 Å². The van der Waals surface area contributed by atoms with Gasteiger partial charge >= 0.3 is 0 Å². The molecule has 128 valence electrons. The molecule has 3 heterocycles. The van der Waals surface area contributed by atoms with E-state index in [0.29, 0.717) is 17.8 Å². The van der Waals surface area contributed by atoms with Gasteiger partial charge in [-0.15, -0.1) is 0 Å². The summed E-state index contributed by atoms with van der Waals surface area (Å²) in [5.41, 5.74) is 2.18. The number of carbonyl (C=O) groups is 1. The van der Waals surface area contributed by atoms with E-state index in [0.717, 1.165) is 25.1 Å². The molecule has 1 fully saturated rings. The van der Waals surface area contributed by atoms with E-state index in [1.807, 2.05) is 24.2 Å². The number of aromatic nitrogens is 4. The van der Waals surface area contributed by atoms with Gasteiger partial charge in [0.15, 0.2) is 0 Å². The third-order valence-corrected chi connectivity index (χ3v) is 4.75. The van der Waals surface area contributed by atoms with Crippen LogP contribution in [0.3, 0.4) is 0 Å². The number of hydrogen-bond donors (Lipinski definition) is 0. The second kappa shape index (κ2) is 6.59. The van der Waals surface area contributed by atoms with E-state index in [1.54, 1.807) is 18.5 Å². The summed E-state index contributed by atoms with van der Waals surface area (Å²) in [6, 6.07) is 2.01. The van der Waals surface area contributed by atoms with Crippen molar-refractivity contribution in [1.29, 1.82) is 0 Å². The molecular formula is C17H23N5O2. The largest absolute Gasteiger partial charge is 0.340 e. The molecule has 0 aliphatic carbocycles. The zero-order chi connectivity index (χ0) is 17.3. The van der Waals surface area contributed by atoms with Gasteiger partial charge in [-0.2, -0.15) is 5.10 Å². The summed E-state index contributed by atoms with van der Waals surface area (Å²) < 4.78 is 3.19. The summed E-state index contributed by atoms with van der Waals surface area (Å²) in [4.78, 5) is 30.9. The fourth-order valence-corrected chi connectivity index (χ4v) is 3.13. The normalized spacial score (nSPS) is 18.0. The van der Waals surface area contributed by atoms with Gasteiger partial charge in [0.2, 0.25) is 5.91 Å². The molecule has 0 radical (unpaired) electrons. The molecule has 24 heavy (non-hydrogen) atoms. The molecule has 2 aromatic heterocycles. The van der Waals surface area contributed by atoms with E-state index < -0.39 is 0 Å². The van der Waals surface area contributed by atoms with Gasteiger partial charge in [0.05, 0.1) is 12.0 Å². The molecule has 0 aromatic carbocycles. The minimum atomic E-state index is -0.144. The molecule has 0 spiro atoms. The Bertz CT molecular complexity index is 808. The topological polar surface area (TPSA) is 73.0 Å². The first kappa shape index (κ1) is 16.4. The summed E-state index contributed by atoms with van der Waals surface area (Å²) in [6.07, 6.45) is 5.37. The Hall–Kier alpha value is -2.44. The number of likely N-dealkylation sites (tertiary alicyclic amines) is 1. The number of rotatable bonds is 3. The van der Waals surface area contributed by atoms with Crippen molar-refractivity contribution in [1.82, 2.24) is 24.2 Å². The third kappa shape index (κ3) is 3.25. The minimum Gasteiger partial charge on any atom is -0.340 e. The van der Waals surface area contributed by atoms with E-state index >= 15 is 0 Å². The molecule has 1 aliphatic rings. The fourth-order valence-electron chi connectivity index (χ4n) is 3.13. The minimum absolute atomic E-state index is 0.0391. The van der Waals surface area contributed by atoms with Gasteiger partial charge in [0.25, 0.3) is 5.56 Å². The summed E-state index contributed by atoms with van der Waals surface area (Å²) in [7, 11) is 1.90. The van der Waals surface area contributed by atoms with Crippen LogP contribution in [0.5, 0.6) is 0 Å². The van der Waals surface area contributed by atoms with Crippen molar-refractivity contribution in [2.75, 3.05) is 13.1 Å². The predicted molar refractivity (Wildman–Crippen MR) is 89.7 cm³/mol. The molecule has 7 heteroatoms. The van der Waals surface area contributed by atoms with Crippen molar-refractivity contribution < 1.29 is 4.79 Å². The lowest BCUT2D eigenvalue weighted by Gasteiger charge is -2.32. The molecule has 2 aromatic rings. The molecule has 0 bridgehead atoms. The highest BCUT2D eigenvalue weighted by Crippen LogP contribution is 2.25. The Labute approximate surface area is 140 Å². The molecular weight excluding hydrogens is 306 g/mol. The number of hydrogen-bond acceptors (Lipinski definition) is 4. The molecule has 0 N–H and O–H groups in total. The average Bonchev–Trinajstić information content (AvgIpc) is 3.02. The standard InChI is InChI=1S/C17H23N5O2/c1-12-13(2)18-11-22(17(12)24)10-16(23)21-7-4-5-14(9-21)15-6-8-20(3)19-15/h6,8,11,14H,4-5,7,9-10H2,1-3H3/t14-/m1/s1. The Kier molecular flexibility index (Phi) is 4.51. The first-order valence-corrected chi connectivity index (χ1v) is 8.25. The van der Waals surface area contributed by atoms with E-state index in [4.69, 9.17) is 0 Å². The first-order chi connectivity index (χ1) is 11.5. The number of aryl methyl sites for hydroxylation is 2. The van der Waals surface area contributed by atoms with Crippen LogP contribution in [0.2, 0.25) is 0 Å². The van der Waals surface area contributed by atoms with Gasteiger partial charge in [0.1, 0.15) is 6.54 Å². The maximum absolute atomic E-state index is 12.6. The lowest BCUT2D eigenvalue weighted by Crippen LogP contribution is -2.42. The van der Waals surface area contributed by atoms with E-state index in [1.165, 1.54) is 10.9 Å². The number of nitrogens with zero attached hydrogens (tertiary/aromatic N) is 5. The molecule has 1 atom stereocenters. The van der Waals surface area contributed by atoms with Crippen molar-refractivity contribution in [3.63, 3.8) is 0 Å². The Morgan fingerprint density at radius 3 is 2.88 bits per heavy atom. The lowest BCUT2D eigenvalue weighted by atomic mass is 9.95. The molecule has 1 amide bonds. The Balaban J connectivity index is 1.71. The van der Waals surface area contributed by atoms with Gasteiger partial charge in [-0.1, -0.05) is 0 Å². The molecule has 0 saturated carbocycles. The predicted octanol–water partition coefficient (Wildman–Crippen LogP) is 1.000. The molecule has 7 nitrogen and oxygen atoms in total. The lowest BCUT2D eigenvalue weighted by molar-refractivity contribution is -0.133. The van der Waals surface area contributed by atoms with Crippen molar-refractivity contribution in [3.8, 4) is 0 Å². The average molecular weight is 329 g/mol. The Morgan fingerprint density at radius 2 is 2.17 bits per heavy atom. The summed E-state index contributed by atoms with van der Waals surface area (Å²) in [6.45, 7) is 4.97. The van der Waals surface area contributed by atoms with Gasteiger partial charge < -0.3 is 4.90 Å². The van der Waals surface area contributed by atoms with Crippen LogP contribution in [-0.2, 0) is 18.4 Å². The Morgan fingerprint density at radius 1 is 1.38 bits per heavy atom. The zero-order valence-corrected chi connectivity index (χ0v) is 14.4. The third-order valence-electron chi connectivity index (χ3n) is 4.75. The van der Waals surface area contributed by atoms with E-state index in [2.05, 4.69) is 10.1 Å². The van der Waals surface area contributed by atoms with E-state index in [9.17, 15) is 9.59 Å². The summed E-state index contributed by atoms with van der Waals surface area (Å²) in [5.74, 6) is 0.223. The van der Waals surface area contributed by atoms with Crippen LogP contribution in [0.1, 0.15) is 35.7 Å². The van der Waals surface area contributed by atoms with Crippen molar-refractivity contribution in [3.05, 3.63) is 45.9 Å². The van der Waals surface area contributed by atoms with E-state index in [-0.39, 0.29) is 23.9 Å². The highest BCUT2D eigenvalue weighted by molar-refractivity contribution is 5.76. The second-order valence-corrected chi connectivity index (χ2v) is 6.48. The molecule has 1 saturated heterocycles. The van der Waals surface area contributed by atoms with Crippen LogP contribution in [0.25, 0.3) is 0 Å². The van der Waals surface area contributed by atoms with Gasteiger partial charge in [0, 0.05) is 43.5 Å². The maximum Gasteiger partial charge on any atom is 0.256 e. The van der Waals surface area contributed by atoms with Crippen LogP contribution >= 0.6 is 0 Å². The zero-order valence-electron chi connectivity index (χ0n) is 14.4. The smallest absolute Gasteiger partial charge is 0.256 e. The molecule has 0 unspecified atom stereocenters. The monoisotopic (exact) mass is 329 g/mol. The molecule has 3 rings (SSSR count). The van der Waals surface area contributed by atoms with Crippen molar-refractivity contribution in [2.24, 2.45) is 7.05 Å². The van der Waals surface area contributed by atoms with Crippen LogP contribution in [0, 0.1) is 13.8 Å². The molecule has 1 aliphatic heterocycles. The second-order valence-electron chi connectivity index (χ2n) is 6.48. The summed E-state index contributed by atoms with van der Waals surface area (Å²) in [5, 5.41) is 4.46. The fraction of sp³-hybridized carbons (Fsp3) is 0.529. The van der Waals surface area contributed by atoms with Crippen LogP contribution in [0.4, 0.5) is 0 Å². The number of piperidine rings is 1. The van der Waals surface area contributed by atoms with Crippen LogP contribution < -0.4 is 5.56 Å². The maximum atomic E-state index is 12.6. The number of carbonyl (C=O) groups excluding carboxylic acids is 1. The van der Waals surface area contributed by atoms with Gasteiger partial charge in [-0.3, -0.25) is 18.8 Å². The van der Waals surface area contributed by atoms with Crippen molar-refractivity contribution >= 4 is 5.91 Å². The quantitative estimate of drug-likeness (QED) is 0.842.